The third-order valence-corrected chi connectivity index (χ3v) is 5.43. The molecule has 11 heteroatoms. The molecular weight excluding hydrogens is 415 g/mol. The van der Waals surface area contributed by atoms with Crippen LogP contribution in [0, 0.1) is 6.92 Å². The predicted octanol–water partition coefficient (Wildman–Crippen LogP) is 2.96. The van der Waals surface area contributed by atoms with Crippen molar-refractivity contribution in [2.24, 2.45) is 0 Å². The molecule has 0 aliphatic carbocycles. The molecule has 1 fully saturated rings. The van der Waals surface area contributed by atoms with Crippen LogP contribution in [0.3, 0.4) is 0 Å². The SMILES string of the molecule is COc1nc(=O)n([C@H]2CC(OP(=O)(O)OC(C)(C)C)[C@@H](COC(C)(C)C)O2)cc1C. The average molecular weight is 448 g/mol. The van der Waals surface area contributed by atoms with Crippen molar-refractivity contribution >= 4 is 7.82 Å². The smallest absolute Gasteiger partial charge is 0.473 e. The molecule has 172 valence electrons. The van der Waals surface area contributed by atoms with E-state index in [2.05, 4.69) is 4.98 Å². The molecule has 0 radical (unpaired) electrons. The minimum atomic E-state index is -4.38. The summed E-state index contributed by atoms with van der Waals surface area (Å²) in [5.74, 6) is 0.230. The van der Waals surface area contributed by atoms with E-state index in [9.17, 15) is 14.3 Å². The molecule has 0 saturated carbocycles. The number of aryl methyl sites for hydroxylation is 1. The number of rotatable bonds is 7. The van der Waals surface area contributed by atoms with Gasteiger partial charge in [0.2, 0.25) is 5.88 Å². The van der Waals surface area contributed by atoms with E-state index in [1.165, 1.54) is 11.7 Å². The van der Waals surface area contributed by atoms with Crippen molar-refractivity contribution in [3.63, 3.8) is 0 Å². The number of hydrogen-bond acceptors (Lipinski definition) is 8. The zero-order valence-electron chi connectivity index (χ0n) is 18.9. The highest BCUT2D eigenvalue weighted by molar-refractivity contribution is 7.47. The van der Waals surface area contributed by atoms with Crippen molar-refractivity contribution in [2.45, 2.75) is 84.5 Å². The topological polar surface area (TPSA) is 118 Å². The molecule has 1 saturated heterocycles. The van der Waals surface area contributed by atoms with Crippen molar-refractivity contribution in [1.29, 1.82) is 0 Å². The van der Waals surface area contributed by atoms with E-state index in [-0.39, 0.29) is 18.9 Å². The van der Waals surface area contributed by atoms with Gasteiger partial charge in [0.25, 0.3) is 0 Å². The summed E-state index contributed by atoms with van der Waals surface area (Å²) in [4.78, 5) is 26.5. The first kappa shape index (κ1) is 25.0. The van der Waals surface area contributed by atoms with E-state index in [1.54, 1.807) is 33.9 Å². The Balaban J connectivity index is 2.27. The van der Waals surface area contributed by atoms with Crippen LogP contribution in [-0.4, -0.2) is 51.6 Å². The maximum Gasteiger partial charge on any atom is 0.473 e. The van der Waals surface area contributed by atoms with Gasteiger partial charge < -0.3 is 19.1 Å². The van der Waals surface area contributed by atoms with Gasteiger partial charge in [-0.2, -0.15) is 4.98 Å². The molecule has 0 aromatic carbocycles. The summed E-state index contributed by atoms with van der Waals surface area (Å²) in [5.41, 5.74) is -1.24. The lowest BCUT2D eigenvalue weighted by atomic mass is 10.1. The second-order valence-electron chi connectivity index (χ2n) is 9.23. The summed E-state index contributed by atoms with van der Waals surface area (Å²) in [6.07, 6.45) is -0.545. The number of methoxy groups -OCH3 is 1. The molecule has 1 aromatic heterocycles. The van der Waals surface area contributed by atoms with Gasteiger partial charge in [-0.3, -0.25) is 13.6 Å². The zero-order chi connectivity index (χ0) is 22.9. The van der Waals surface area contributed by atoms with Gasteiger partial charge in [0.05, 0.1) is 24.9 Å². The van der Waals surface area contributed by atoms with Gasteiger partial charge in [0.1, 0.15) is 18.4 Å². The fraction of sp³-hybridized carbons (Fsp3) is 0.789. The Labute approximate surface area is 177 Å². The largest absolute Gasteiger partial charge is 0.481 e. The molecule has 1 aliphatic heterocycles. The molecule has 1 N–H and O–H groups in total. The van der Waals surface area contributed by atoms with Crippen LogP contribution < -0.4 is 10.4 Å². The van der Waals surface area contributed by atoms with Crippen molar-refractivity contribution in [3.05, 3.63) is 22.2 Å². The summed E-state index contributed by atoms with van der Waals surface area (Å²) in [6.45, 7) is 12.5. The normalized spacial score (nSPS) is 24.6. The Bertz CT molecular complexity index is 842. The Morgan fingerprint density at radius 2 is 1.90 bits per heavy atom. The van der Waals surface area contributed by atoms with Crippen molar-refractivity contribution in [1.82, 2.24) is 9.55 Å². The molecule has 1 aliphatic rings. The quantitative estimate of drug-likeness (QED) is 0.628. The van der Waals surface area contributed by atoms with Crippen LogP contribution >= 0.6 is 7.82 Å². The average Bonchev–Trinajstić information content (AvgIpc) is 2.93. The number of ether oxygens (including phenoxy) is 3. The highest BCUT2D eigenvalue weighted by Gasteiger charge is 2.43. The minimum Gasteiger partial charge on any atom is -0.481 e. The maximum atomic E-state index is 12.5. The number of nitrogens with zero attached hydrogens (tertiary/aromatic N) is 2. The number of phosphoric ester groups is 1. The summed E-state index contributed by atoms with van der Waals surface area (Å²) < 4.78 is 41.3. The molecule has 2 heterocycles. The third kappa shape index (κ3) is 7.14. The van der Waals surface area contributed by atoms with Crippen molar-refractivity contribution in [3.8, 4) is 5.88 Å². The van der Waals surface area contributed by atoms with Crippen LogP contribution in [0.1, 0.15) is 59.8 Å². The summed E-state index contributed by atoms with van der Waals surface area (Å²) >= 11 is 0. The van der Waals surface area contributed by atoms with Crippen LogP contribution in [0.2, 0.25) is 0 Å². The van der Waals surface area contributed by atoms with E-state index < -0.39 is 43.2 Å². The fourth-order valence-electron chi connectivity index (χ4n) is 2.97. The molecular formula is C19H33N2O8P. The van der Waals surface area contributed by atoms with E-state index in [0.717, 1.165) is 0 Å². The van der Waals surface area contributed by atoms with Gasteiger partial charge in [-0.05, 0) is 48.5 Å². The van der Waals surface area contributed by atoms with Gasteiger partial charge in [0.15, 0.2) is 0 Å². The second-order valence-corrected chi connectivity index (χ2v) is 10.6. The minimum absolute atomic E-state index is 0.109. The van der Waals surface area contributed by atoms with Gasteiger partial charge >= 0.3 is 13.5 Å². The third-order valence-electron chi connectivity index (χ3n) is 4.11. The number of aromatic nitrogens is 2. The lowest BCUT2D eigenvalue weighted by molar-refractivity contribution is -0.100. The molecule has 2 unspecified atom stereocenters. The number of phosphoric acid groups is 1. The fourth-order valence-corrected chi connectivity index (χ4v) is 4.27. The summed E-state index contributed by atoms with van der Waals surface area (Å²) in [6, 6.07) is 0. The van der Waals surface area contributed by atoms with Crippen LogP contribution in [0.25, 0.3) is 0 Å². The van der Waals surface area contributed by atoms with Gasteiger partial charge in [0, 0.05) is 18.2 Å². The van der Waals surface area contributed by atoms with Crippen molar-refractivity contribution < 1.29 is 32.7 Å². The molecule has 30 heavy (non-hydrogen) atoms. The Kier molecular flexibility index (Phi) is 7.54. The summed E-state index contributed by atoms with van der Waals surface area (Å²) in [5, 5.41) is 0. The van der Waals surface area contributed by atoms with Crippen LogP contribution in [0.4, 0.5) is 0 Å². The Hall–Kier alpha value is -1.29. The first-order valence-electron chi connectivity index (χ1n) is 9.75. The van der Waals surface area contributed by atoms with Gasteiger partial charge in [-0.25, -0.2) is 9.36 Å². The van der Waals surface area contributed by atoms with E-state index in [1.807, 2.05) is 20.8 Å². The highest BCUT2D eigenvalue weighted by atomic mass is 31.2. The summed E-state index contributed by atoms with van der Waals surface area (Å²) in [7, 11) is -2.94. The Morgan fingerprint density at radius 3 is 2.43 bits per heavy atom. The van der Waals surface area contributed by atoms with E-state index in [0.29, 0.717) is 5.56 Å². The van der Waals surface area contributed by atoms with Gasteiger partial charge in [-0.15, -0.1) is 0 Å². The maximum absolute atomic E-state index is 12.5. The number of hydrogen-bond donors (Lipinski definition) is 1. The lowest BCUT2D eigenvalue weighted by Crippen LogP contribution is -2.33. The van der Waals surface area contributed by atoms with Crippen LogP contribution in [0.5, 0.6) is 5.88 Å². The van der Waals surface area contributed by atoms with Crippen LogP contribution in [0.15, 0.2) is 11.0 Å². The first-order valence-corrected chi connectivity index (χ1v) is 11.2. The first-order chi connectivity index (χ1) is 13.6. The zero-order valence-corrected chi connectivity index (χ0v) is 19.8. The molecule has 10 nitrogen and oxygen atoms in total. The van der Waals surface area contributed by atoms with Gasteiger partial charge in [-0.1, -0.05) is 0 Å². The van der Waals surface area contributed by atoms with E-state index >= 15 is 0 Å². The predicted molar refractivity (Wildman–Crippen MR) is 110 cm³/mol. The molecule has 0 bridgehead atoms. The molecule has 4 atom stereocenters. The lowest BCUT2D eigenvalue weighted by Gasteiger charge is -2.28. The highest BCUT2D eigenvalue weighted by Crippen LogP contribution is 2.51. The molecule has 2 rings (SSSR count). The van der Waals surface area contributed by atoms with E-state index in [4.69, 9.17) is 23.3 Å². The molecule has 0 spiro atoms. The molecule has 1 aromatic rings. The second kappa shape index (κ2) is 9.06. The molecule has 0 amide bonds. The monoisotopic (exact) mass is 448 g/mol. The van der Waals surface area contributed by atoms with Crippen LogP contribution in [-0.2, 0) is 23.1 Å². The van der Waals surface area contributed by atoms with Crippen molar-refractivity contribution in [2.75, 3.05) is 13.7 Å². The standard InChI is InChI=1S/C19H33N2O8P/c1-12-10-21(17(22)20-16(12)25-8)15-9-13(14(27-15)11-26-18(2,3)4)28-30(23,24)29-19(5,6)7/h10,13-15H,9,11H2,1-8H3,(H,23,24)/t13?,14-,15-/m1/s1. The Morgan fingerprint density at radius 1 is 1.27 bits per heavy atom.